The number of nitrogens with one attached hydrogen (secondary N) is 2. The second kappa shape index (κ2) is 9.63. The van der Waals surface area contributed by atoms with Gasteiger partial charge in [-0.25, -0.2) is 12.8 Å². The second-order valence-corrected chi connectivity index (χ2v) is 10.3. The van der Waals surface area contributed by atoms with Crippen molar-refractivity contribution < 1.29 is 17.6 Å². The van der Waals surface area contributed by atoms with Crippen molar-refractivity contribution in [1.82, 2.24) is 0 Å². The fourth-order valence-electron chi connectivity index (χ4n) is 2.50. The first kappa shape index (κ1) is 22.3. The van der Waals surface area contributed by atoms with Gasteiger partial charge in [0.15, 0.2) is 0 Å². The van der Waals surface area contributed by atoms with Crippen molar-refractivity contribution >= 4 is 55.0 Å². The molecule has 1 atom stereocenters. The molecule has 3 aromatic carbocycles. The van der Waals surface area contributed by atoms with Gasteiger partial charge in [0.2, 0.25) is 5.91 Å². The molecule has 0 bridgehead atoms. The molecule has 0 radical (unpaired) electrons. The summed E-state index contributed by atoms with van der Waals surface area (Å²) in [6, 6.07) is 19.2. The fraction of sp³-hybridized carbons (Fsp3) is 0.0952. The molecule has 156 valence electrons. The highest BCUT2D eigenvalue weighted by Crippen LogP contribution is 2.27. The number of sulfonamides is 1. The molecule has 2 N–H and O–H groups in total. The second-order valence-electron chi connectivity index (χ2n) is 6.32. The highest BCUT2D eigenvalue weighted by molar-refractivity contribution is 9.10. The van der Waals surface area contributed by atoms with Crippen molar-refractivity contribution in [3.63, 3.8) is 0 Å². The number of thioether (sulfide) groups is 1. The van der Waals surface area contributed by atoms with Gasteiger partial charge in [0, 0.05) is 15.1 Å². The summed E-state index contributed by atoms with van der Waals surface area (Å²) in [7, 11) is -3.66. The lowest BCUT2D eigenvalue weighted by molar-refractivity contribution is -0.115. The number of carbonyl (C=O) groups is 1. The third kappa shape index (κ3) is 5.84. The Labute approximate surface area is 187 Å². The molecule has 0 saturated heterocycles. The molecule has 0 heterocycles. The number of halogens is 2. The SMILES string of the molecule is CC(Sc1ccc(NS(=O)(=O)c2ccccc2)cc1)C(=O)Nc1ccc(Br)cc1F. The number of anilines is 2. The van der Waals surface area contributed by atoms with Crippen molar-refractivity contribution in [1.29, 1.82) is 0 Å². The zero-order valence-electron chi connectivity index (χ0n) is 15.8. The predicted octanol–water partition coefficient (Wildman–Crippen LogP) is 5.51. The van der Waals surface area contributed by atoms with Crippen LogP contribution in [0.3, 0.4) is 0 Å². The lowest BCUT2D eigenvalue weighted by Gasteiger charge is -2.13. The van der Waals surface area contributed by atoms with Gasteiger partial charge in [0.05, 0.1) is 15.8 Å². The first-order chi connectivity index (χ1) is 14.2. The number of amides is 1. The molecule has 1 unspecified atom stereocenters. The highest BCUT2D eigenvalue weighted by atomic mass is 79.9. The Morgan fingerprint density at radius 3 is 2.33 bits per heavy atom. The van der Waals surface area contributed by atoms with Crippen LogP contribution in [-0.2, 0) is 14.8 Å². The van der Waals surface area contributed by atoms with Gasteiger partial charge in [0.25, 0.3) is 10.0 Å². The van der Waals surface area contributed by atoms with Gasteiger partial charge in [-0.1, -0.05) is 34.1 Å². The van der Waals surface area contributed by atoms with E-state index in [1.54, 1.807) is 55.5 Å². The number of hydrogen-bond donors (Lipinski definition) is 2. The van der Waals surface area contributed by atoms with Crippen molar-refractivity contribution in [2.75, 3.05) is 10.0 Å². The molecule has 0 aliphatic carbocycles. The van der Waals surface area contributed by atoms with Crippen LogP contribution in [0.2, 0.25) is 0 Å². The van der Waals surface area contributed by atoms with Gasteiger partial charge in [-0.3, -0.25) is 9.52 Å². The van der Waals surface area contributed by atoms with Crippen LogP contribution in [-0.4, -0.2) is 19.6 Å². The Hall–Kier alpha value is -2.36. The Morgan fingerprint density at radius 2 is 1.70 bits per heavy atom. The quantitative estimate of drug-likeness (QED) is 0.412. The molecular formula is C21H18BrFN2O3S2. The van der Waals surface area contributed by atoms with Gasteiger partial charge < -0.3 is 5.32 Å². The van der Waals surface area contributed by atoms with E-state index in [9.17, 15) is 17.6 Å². The molecule has 0 saturated carbocycles. The van der Waals surface area contributed by atoms with Crippen molar-refractivity contribution in [3.05, 3.63) is 83.1 Å². The van der Waals surface area contributed by atoms with E-state index in [0.29, 0.717) is 10.2 Å². The summed E-state index contributed by atoms with van der Waals surface area (Å²) in [6.07, 6.45) is 0. The summed E-state index contributed by atoms with van der Waals surface area (Å²) in [5.41, 5.74) is 0.526. The molecule has 9 heteroatoms. The molecule has 0 fully saturated rings. The maximum atomic E-state index is 13.9. The van der Waals surface area contributed by atoms with E-state index < -0.39 is 21.1 Å². The molecule has 3 rings (SSSR count). The van der Waals surface area contributed by atoms with Crippen LogP contribution in [0, 0.1) is 5.82 Å². The third-order valence-electron chi connectivity index (χ3n) is 4.03. The summed E-state index contributed by atoms with van der Waals surface area (Å²) in [4.78, 5) is 13.3. The van der Waals surface area contributed by atoms with Crippen LogP contribution in [0.25, 0.3) is 0 Å². The average Bonchev–Trinajstić information content (AvgIpc) is 2.72. The zero-order chi connectivity index (χ0) is 21.7. The van der Waals surface area contributed by atoms with E-state index in [-0.39, 0.29) is 16.5 Å². The van der Waals surface area contributed by atoms with E-state index in [2.05, 4.69) is 26.0 Å². The Kier molecular flexibility index (Phi) is 7.17. The Morgan fingerprint density at radius 1 is 1.03 bits per heavy atom. The zero-order valence-corrected chi connectivity index (χ0v) is 19.0. The van der Waals surface area contributed by atoms with Gasteiger partial charge in [-0.05, 0) is 61.5 Å². The van der Waals surface area contributed by atoms with Gasteiger partial charge in [0.1, 0.15) is 5.82 Å². The summed E-state index contributed by atoms with van der Waals surface area (Å²) in [5.74, 6) is -0.861. The molecule has 0 aromatic heterocycles. The van der Waals surface area contributed by atoms with Crippen LogP contribution in [0.1, 0.15) is 6.92 Å². The van der Waals surface area contributed by atoms with Crippen LogP contribution in [0.15, 0.2) is 87.1 Å². The molecule has 0 spiro atoms. The monoisotopic (exact) mass is 508 g/mol. The van der Waals surface area contributed by atoms with E-state index in [4.69, 9.17) is 0 Å². The number of rotatable bonds is 7. The first-order valence-corrected chi connectivity index (χ1v) is 12.0. The first-order valence-electron chi connectivity index (χ1n) is 8.85. The normalized spacial score (nSPS) is 12.2. The molecule has 30 heavy (non-hydrogen) atoms. The van der Waals surface area contributed by atoms with E-state index in [1.165, 1.54) is 36.0 Å². The fourth-order valence-corrected chi connectivity index (χ4v) is 4.78. The van der Waals surface area contributed by atoms with Crippen LogP contribution < -0.4 is 10.0 Å². The minimum Gasteiger partial charge on any atom is -0.323 e. The third-order valence-corrected chi connectivity index (χ3v) is 7.03. The van der Waals surface area contributed by atoms with Gasteiger partial charge in [-0.15, -0.1) is 11.8 Å². The van der Waals surface area contributed by atoms with E-state index in [1.807, 2.05) is 0 Å². The van der Waals surface area contributed by atoms with Gasteiger partial charge in [-0.2, -0.15) is 0 Å². The summed E-state index contributed by atoms with van der Waals surface area (Å²) in [6.45, 7) is 1.71. The number of carbonyl (C=O) groups excluding carboxylic acids is 1. The lowest BCUT2D eigenvalue weighted by atomic mass is 10.3. The summed E-state index contributed by atoms with van der Waals surface area (Å²) in [5, 5.41) is 2.08. The van der Waals surface area contributed by atoms with Crippen LogP contribution in [0.5, 0.6) is 0 Å². The van der Waals surface area contributed by atoms with E-state index in [0.717, 1.165) is 4.90 Å². The molecule has 3 aromatic rings. The minimum atomic E-state index is -3.66. The Balaban J connectivity index is 1.61. The van der Waals surface area contributed by atoms with Crippen molar-refractivity contribution in [2.24, 2.45) is 0 Å². The van der Waals surface area contributed by atoms with Gasteiger partial charge >= 0.3 is 0 Å². The van der Waals surface area contributed by atoms with Crippen molar-refractivity contribution in [2.45, 2.75) is 22.0 Å². The van der Waals surface area contributed by atoms with Crippen LogP contribution >= 0.6 is 27.7 Å². The summed E-state index contributed by atoms with van der Waals surface area (Å²) >= 11 is 4.46. The van der Waals surface area contributed by atoms with Crippen molar-refractivity contribution in [3.8, 4) is 0 Å². The lowest BCUT2D eigenvalue weighted by Crippen LogP contribution is -2.22. The number of hydrogen-bond acceptors (Lipinski definition) is 4. The average molecular weight is 509 g/mol. The molecule has 0 aliphatic rings. The summed E-state index contributed by atoms with van der Waals surface area (Å²) < 4.78 is 41.7. The minimum absolute atomic E-state index is 0.112. The van der Waals surface area contributed by atoms with Crippen LogP contribution in [0.4, 0.5) is 15.8 Å². The molecule has 1 amide bonds. The Bertz CT molecular complexity index is 1140. The standard InChI is InChI=1S/C21H18BrFN2O3S2/c1-14(21(26)24-20-12-7-15(22)13-19(20)23)29-17-10-8-16(9-11-17)25-30(27,28)18-5-3-2-4-6-18/h2-14,25H,1H3,(H,24,26). The van der Waals surface area contributed by atoms with E-state index >= 15 is 0 Å². The largest absolute Gasteiger partial charge is 0.323 e. The maximum absolute atomic E-state index is 13.9. The molecule has 0 aliphatic heterocycles. The molecule has 5 nitrogen and oxygen atoms in total. The highest BCUT2D eigenvalue weighted by Gasteiger charge is 2.17. The molecular weight excluding hydrogens is 491 g/mol. The predicted molar refractivity (Wildman–Crippen MR) is 122 cm³/mol. The maximum Gasteiger partial charge on any atom is 0.261 e. The smallest absolute Gasteiger partial charge is 0.261 e. The number of benzene rings is 3. The topological polar surface area (TPSA) is 75.3 Å².